The number of hydrogen-bond acceptors (Lipinski definition) is 5. The molecular formula is C21H36IN3O4S. The van der Waals surface area contributed by atoms with Gasteiger partial charge in [0.1, 0.15) is 0 Å². The van der Waals surface area contributed by atoms with E-state index in [1.165, 1.54) is 0 Å². The summed E-state index contributed by atoms with van der Waals surface area (Å²) >= 11 is 0. The van der Waals surface area contributed by atoms with E-state index < -0.39 is 14.6 Å². The molecule has 0 atom stereocenters. The van der Waals surface area contributed by atoms with Gasteiger partial charge in [-0.05, 0) is 38.8 Å². The first-order chi connectivity index (χ1) is 13.8. The van der Waals surface area contributed by atoms with E-state index in [0.717, 1.165) is 23.6 Å². The zero-order valence-corrected chi connectivity index (χ0v) is 21.7. The third kappa shape index (κ3) is 7.97. The molecular weight excluding hydrogens is 517 g/mol. The SMILES string of the molecule is CCNC(=NCc1cccc(COCCOCC)c1)N1CCS(=O)(=O)C(C)(C)C1.I. The summed E-state index contributed by atoms with van der Waals surface area (Å²) in [5.74, 6) is 0.910. The van der Waals surface area contributed by atoms with Gasteiger partial charge in [0.15, 0.2) is 15.8 Å². The maximum absolute atomic E-state index is 12.3. The first kappa shape index (κ1) is 27.1. The summed E-state index contributed by atoms with van der Waals surface area (Å²) in [6, 6.07) is 8.19. The van der Waals surface area contributed by atoms with Crippen molar-refractivity contribution in [3.8, 4) is 0 Å². The van der Waals surface area contributed by atoms with Crippen LogP contribution in [0.3, 0.4) is 0 Å². The summed E-state index contributed by atoms with van der Waals surface area (Å²) < 4.78 is 34.7. The fourth-order valence-electron chi connectivity index (χ4n) is 3.19. The van der Waals surface area contributed by atoms with Crippen molar-refractivity contribution in [3.63, 3.8) is 0 Å². The molecule has 0 saturated carbocycles. The van der Waals surface area contributed by atoms with E-state index in [-0.39, 0.29) is 29.7 Å². The average Bonchev–Trinajstić information content (AvgIpc) is 2.67. The topological polar surface area (TPSA) is 80.2 Å². The van der Waals surface area contributed by atoms with Crippen molar-refractivity contribution in [3.05, 3.63) is 35.4 Å². The van der Waals surface area contributed by atoms with Crippen LogP contribution in [0.2, 0.25) is 0 Å². The fourth-order valence-corrected chi connectivity index (χ4v) is 4.55. The number of benzene rings is 1. The Morgan fingerprint density at radius 2 is 1.90 bits per heavy atom. The third-order valence-electron chi connectivity index (χ3n) is 4.93. The smallest absolute Gasteiger partial charge is 0.194 e. The van der Waals surface area contributed by atoms with Crippen molar-refractivity contribution < 1.29 is 17.9 Å². The minimum atomic E-state index is -3.08. The highest BCUT2D eigenvalue weighted by Crippen LogP contribution is 2.23. The Kier molecular flexibility index (Phi) is 11.6. The molecule has 0 amide bonds. The number of guanidine groups is 1. The van der Waals surface area contributed by atoms with Crippen molar-refractivity contribution in [2.75, 3.05) is 45.2 Å². The van der Waals surface area contributed by atoms with Gasteiger partial charge in [0, 0.05) is 26.2 Å². The van der Waals surface area contributed by atoms with Gasteiger partial charge in [0.2, 0.25) is 0 Å². The van der Waals surface area contributed by atoms with Crippen LogP contribution < -0.4 is 5.32 Å². The molecule has 2 rings (SSSR count). The first-order valence-corrected chi connectivity index (χ1v) is 11.9. The van der Waals surface area contributed by atoms with Crippen LogP contribution in [0, 0.1) is 0 Å². The van der Waals surface area contributed by atoms with Crippen LogP contribution in [0.4, 0.5) is 0 Å². The molecule has 1 aromatic carbocycles. The molecule has 1 aromatic rings. The van der Waals surface area contributed by atoms with E-state index in [9.17, 15) is 8.42 Å². The zero-order valence-electron chi connectivity index (χ0n) is 18.5. The molecule has 1 saturated heterocycles. The lowest BCUT2D eigenvalue weighted by molar-refractivity contribution is 0.0453. The van der Waals surface area contributed by atoms with Crippen LogP contribution in [0.5, 0.6) is 0 Å². The number of hydrogen-bond donors (Lipinski definition) is 1. The molecule has 172 valence electrons. The molecule has 0 aromatic heterocycles. The predicted molar refractivity (Wildman–Crippen MR) is 132 cm³/mol. The maximum Gasteiger partial charge on any atom is 0.194 e. The summed E-state index contributed by atoms with van der Waals surface area (Å²) in [6.07, 6.45) is 0. The molecule has 1 aliphatic heterocycles. The van der Waals surface area contributed by atoms with E-state index >= 15 is 0 Å². The molecule has 7 nitrogen and oxygen atoms in total. The Bertz CT molecular complexity index is 784. The molecule has 0 radical (unpaired) electrons. The summed E-state index contributed by atoms with van der Waals surface area (Å²) in [7, 11) is -3.08. The van der Waals surface area contributed by atoms with Crippen molar-refractivity contribution >= 4 is 39.8 Å². The Hall–Kier alpha value is -0.910. The Labute approximate surface area is 198 Å². The Morgan fingerprint density at radius 3 is 2.57 bits per heavy atom. The second kappa shape index (κ2) is 12.8. The van der Waals surface area contributed by atoms with E-state index in [0.29, 0.717) is 46.1 Å². The first-order valence-electron chi connectivity index (χ1n) is 10.3. The highest BCUT2D eigenvalue weighted by Gasteiger charge is 2.40. The number of aliphatic imine (C=N–C) groups is 1. The molecule has 1 heterocycles. The van der Waals surface area contributed by atoms with Crippen molar-refractivity contribution in [2.24, 2.45) is 4.99 Å². The number of sulfone groups is 1. The average molecular weight is 554 g/mol. The third-order valence-corrected chi connectivity index (χ3v) is 7.46. The Morgan fingerprint density at radius 1 is 1.20 bits per heavy atom. The monoisotopic (exact) mass is 553 g/mol. The molecule has 0 bridgehead atoms. The lowest BCUT2D eigenvalue weighted by atomic mass is 10.1. The van der Waals surface area contributed by atoms with Crippen LogP contribution in [0.1, 0.15) is 38.8 Å². The summed E-state index contributed by atoms with van der Waals surface area (Å²) in [4.78, 5) is 6.81. The van der Waals surface area contributed by atoms with Gasteiger partial charge in [-0.3, -0.25) is 0 Å². The fraction of sp³-hybridized carbons (Fsp3) is 0.667. The number of rotatable bonds is 9. The zero-order chi connectivity index (χ0) is 21.3. The maximum atomic E-state index is 12.3. The van der Waals surface area contributed by atoms with Gasteiger partial charge in [-0.15, -0.1) is 24.0 Å². The van der Waals surface area contributed by atoms with Gasteiger partial charge in [-0.25, -0.2) is 13.4 Å². The predicted octanol–water partition coefficient (Wildman–Crippen LogP) is 2.83. The van der Waals surface area contributed by atoms with Gasteiger partial charge in [0.05, 0.1) is 36.9 Å². The summed E-state index contributed by atoms with van der Waals surface area (Å²) in [5.41, 5.74) is 2.19. The minimum absolute atomic E-state index is 0. The molecule has 30 heavy (non-hydrogen) atoms. The van der Waals surface area contributed by atoms with E-state index in [4.69, 9.17) is 14.5 Å². The van der Waals surface area contributed by atoms with Crippen LogP contribution in [0.15, 0.2) is 29.3 Å². The van der Waals surface area contributed by atoms with Gasteiger partial charge in [0.25, 0.3) is 0 Å². The number of halogens is 1. The molecule has 0 aliphatic carbocycles. The molecule has 0 unspecified atom stereocenters. The van der Waals surface area contributed by atoms with Gasteiger partial charge < -0.3 is 19.7 Å². The largest absolute Gasteiger partial charge is 0.379 e. The molecule has 1 fully saturated rings. The number of nitrogens with zero attached hydrogens (tertiary/aromatic N) is 2. The highest BCUT2D eigenvalue weighted by molar-refractivity contribution is 14.0. The Balaban J connectivity index is 0.00000450. The van der Waals surface area contributed by atoms with Crippen molar-refractivity contribution in [2.45, 2.75) is 45.6 Å². The van der Waals surface area contributed by atoms with Crippen LogP contribution in [-0.4, -0.2) is 69.2 Å². The van der Waals surface area contributed by atoms with E-state index in [2.05, 4.69) is 11.4 Å². The normalized spacial score (nSPS) is 18.0. The second-order valence-electron chi connectivity index (χ2n) is 7.74. The van der Waals surface area contributed by atoms with Crippen LogP contribution in [-0.2, 0) is 32.5 Å². The quantitative estimate of drug-likeness (QED) is 0.219. The van der Waals surface area contributed by atoms with Crippen molar-refractivity contribution in [1.29, 1.82) is 0 Å². The molecule has 0 spiro atoms. The van der Waals surface area contributed by atoms with Crippen LogP contribution in [0.25, 0.3) is 0 Å². The summed E-state index contributed by atoms with van der Waals surface area (Å²) in [5, 5.41) is 3.30. The summed E-state index contributed by atoms with van der Waals surface area (Å²) in [6.45, 7) is 12.1. The second-order valence-corrected chi connectivity index (χ2v) is 10.5. The van der Waals surface area contributed by atoms with Crippen LogP contribution >= 0.6 is 24.0 Å². The van der Waals surface area contributed by atoms with Crippen molar-refractivity contribution in [1.82, 2.24) is 10.2 Å². The number of ether oxygens (including phenoxy) is 2. The number of nitrogens with one attached hydrogen (secondary N) is 1. The van der Waals surface area contributed by atoms with E-state index in [1.54, 1.807) is 13.8 Å². The molecule has 9 heteroatoms. The molecule has 1 N–H and O–H groups in total. The highest BCUT2D eigenvalue weighted by atomic mass is 127. The van der Waals surface area contributed by atoms with Gasteiger partial charge in [-0.1, -0.05) is 24.3 Å². The van der Waals surface area contributed by atoms with Gasteiger partial charge in [-0.2, -0.15) is 0 Å². The minimum Gasteiger partial charge on any atom is -0.379 e. The standard InChI is InChI=1S/C21H35N3O4S.HI/c1-5-22-20(24-10-13-29(25,26)21(3,4)17-24)23-15-18-8-7-9-19(14-18)16-28-12-11-27-6-2;/h7-9,14H,5-6,10-13,15-17H2,1-4H3,(H,22,23);1H. The lowest BCUT2D eigenvalue weighted by Crippen LogP contribution is -2.57. The van der Waals surface area contributed by atoms with E-state index in [1.807, 2.05) is 36.9 Å². The lowest BCUT2D eigenvalue weighted by Gasteiger charge is -2.39. The molecule has 1 aliphatic rings. The van der Waals surface area contributed by atoms with Gasteiger partial charge >= 0.3 is 0 Å².